The smallest absolute Gasteiger partial charge is 0.308 e. The normalized spacial score (nSPS) is 14.9. The molecule has 2 unspecified atom stereocenters. The van der Waals surface area contributed by atoms with E-state index in [9.17, 15) is 4.79 Å². The van der Waals surface area contributed by atoms with E-state index < -0.39 is 0 Å². The Morgan fingerprint density at radius 3 is 2.06 bits per heavy atom. The summed E-state index contributed by atoms with van der Waals surface area (Å²) in [6.07, 6.45) is 4.57. The molecule has 0 bridgehead atoms. The second-order valence-electron chi connectivity index (χ2n) is 6.59. The van der Waals surface area contributed by atoms with Gasteiger partial charge < -0.3 is 4.74 Å². The summed E-state index contributed by atoms with van der Waals surface area (Å²) in [5.41, 5.74) is 0. The van der Waals surface area contributed by atoms with Crippen molar-refractivity contribution in [3.8, 4) is 0 Å². The van der Waals surface area contributed by atoms with Crippen LogP contribution in [0.5, 0.6) is 0 Å². The maximum absolute atomic E-state index is 11.7. The first kappa shape index (κ1) is 17.5. The fraction of sp³-hybridized carbons (Fsp3) is 0.938. The Morgan fingerprint density at radius 1 is 0.944 bits per heavy atom. The Balaban J connectivity index is 3.70. The molecule has 2 heteroatoms. The van der Waals surface area contributed by atoms with Gasteiger partial charge in [0.15, 0.2) is 0 Å². The van der Waals surface area contributed by atoms with Crippen molar-refractivity contribution < 1.29 is 9.53 Å². The molecule has 0 spiro atoms. The van der Waals surface area contributed by atoms with Crippen molar-refractivity contribution in [3.05, 3.63) is 0 Å². The molecule has 0 aliphatic rings. The zero-order valence-electron chi connectivity index (χ0n) is 13.2. The molecule has 0 amide bonds. The molecular weight excluding hydrogens is 224 g/mol. The fourth-order valence-corrected chi connectivity index (χ4v) is 2.13. The van der Waals surface area contributed by atoms with Crippen molar-refractivity contribution in [2.45, 2.75) is 67.2 Å². The van der Waals surface area contributed by atoms with E-state index in [-0.39, 0.29) is 11.9 Å². The monoisotopic (exact) mass is 256 g/mol. The van der Waals surface area contributed by atoms with Gasteiger partial charge in [0.05, 0.1) is 12.5 Å². The van der Waals surface area contributed by atoms with Gasteiger partial charge in [-0.3, -0.25) is 4.79 Å². The summed E-state index contributed by atoms with van der Waals surface area (Å²) >= 11 is 0. The lowest BCUT2D eigenvalue weighted by Gasteiger charge is -2.16. The van der Waals surface area contributed by atoms with Gasteiger partial charge in [-0.15, -0.1) is 0 Å². The Morgan fingerprint density at radius 2 is 1.56 bits per heavy atom. The third-order valence-electron chi connectivity index (χ3n) is 3.22. The van der Waals surface area contributed by atoms with Crippen LogP contribution in [0, 0.1) is 23.7 Å². The van der Waals surface area contributed by atoms with Crippen LogP contribution in [0.15, 0.2) is 0 Å². The van der Waals surface area contributed by atoms with Crippen LogP contribution in [-0.4, -0.2) is 12.6 Å². The number of hydrogen-bond acceptors (Lipinski definition) is 2. The summed E-state index contributed by atoms with van der Waals surface area (Å²) in [5.74, 6) is 1.81. The zero-order valence-corrected chi connectivity index (χ0v) is 13.2. The average molecular weight is 256 g/mol. The van der Waals surface area contributed by atoms with Crippen molar-refractivity contribution in [2.24, 2.45) is 23.7 Å². The van der Waals surface area contributed by atoms with Crippen LogP contribution >= 0.6 is 0 Å². The Bertz CT molecular complexity index is 221. The van der Waals surface area contributed by atoms with Gasteiger partial charge >= 0.3 is 5.97 Å². The maximum atomic E-state index is 11.7. The molecule has 0 radical (unpaired) electrons. The van der Waals surface area contributed by atoms with Gasteiger partial charge in [0.25, 0.3) is 0 Å². The van der Waals surface area contributed by atoms with Gasteiger partial charge in [-0.05, 0) is 30.6 Å². The van der Waals surface area contributed by atoms with Crippen molar-refractivity contribution in [2.75, 3.05) is 6.61 Å². The highest BCUT2D eigenvalue weighted by Crippen LogP contribution is 2.15. The van der Waals surface area contributed by atoms with E-state index in [2.05, 4.69) is 34.6 Å². The number of rotatable bonds is 9. The molecule has 0 aromatic carbocycles. The van der Waals surface area contributed by atoms with E-state index in [1.165, 1.54) is 12.8 Å². The van der Waals surface area contributed by atoms with Gasteiger partial charge in [-0.1, -0.05) is 54.4 Å². The number of ether oxygens (including phenoxy) is 1. The molecule has 0 rings (SSSR count). The summed E-state index contributed by atoms with van der Waals surface area (Å²) in [6, 6.07) is 0. The first-order valence-corrected chi connectivity index (χ1v) is 7.49. The summed E-state index contributed by atoms with van der Waals surface area (Å²) in [6.45, 7) is 13.5. The number of carbonyl (C=O) groups is 1. The van der Waals surface area contributed by atoms with E-state index in [0.717, 1.165) is 18.8 Å². The van der Waals surface area contributed by atoms with E-state index in [1.807, 2.05) is 6.92 Å². The standard InChI is InChI=1S/C16H32O2/c1-12(2)8-7-9-14(5)11-18-16(17)15(6)10-13(3)4/h12-15H,7-11H2,1-6H3. The molecule has 0 aliphatic heterocycles. The quantitative estimate of drug-likeness (QED) is 0.560. The van der Waals surface area contributed by atoms with Crippen LogP contribution in [0.25, 0.3) is 0 Å². The minimum absolute atomic E-state index is 0.0283. The van der Waals surface area contributed by atoms with Gasteiger partial charge in [-0.25, -0.2) is 0 Å². The average Bonchev–Trinajstić information content (AvgIpc) is 2.24. The third-order valence-corrected chi connectivity index (χ3v) is 3.22. The lowest BCUT2D eigenvalue weighted by molar-refractivity contribution is -0.149. The molecule has 0 fully saturated rings. The fourth-order valence-electron chi connectivity index (χ4n) is 2.13. The van der Waals surface area contributed by atoms with E-state index in [1.54, 1.807) is 0 Å². The Kier molecular flexibility index (Phi) is 9.13. The Hall–Kier alpha value is -0.530. The molecule has 0 saturated carbocycles. The highest BCUT2D eigenvalue weighted by molar-refractivity contribution is 5.71. The topological polar surface area (TPSA) is 26.3 Å². The molecule has 18 heavy (non-hydrogen) atoms. The predicted molar refractivity (Wildman–Crippen MR) is 77.4 cm³/mol. The molecule has 108 valence electrons. The van der Waals surface area contributed by atoms with E-state index in [4.69, 9.17) is 4.74 Å². The molecule has 0 saturated heterocycles. The molecule has 0 aliphatic carbocycles. The first-order valence-electron chi connectivity index (χ1n) is 7.49. The largest absolute Gasteiger partial charge is 0.465 e. The molecule has 2 nitrogen and oxygen atoms in total. The highest BCUT2D eigenvalue weighted by atomic mass is 16.5. The molecule has 2 atom stereocenters. The van der Waals surface area contributed by atoms with Crippen LogP contribution in [0.1, 0.15) is 67.2 Å². The van der Waals surface area contributed by atoms with E-state index in [0.29, 0.717) is 18.4 Å². The summed E-state index contributed by atoms with van der Waals surface area (Å²) in [7, 11) is 0. The van der Waals surface area contributed by atoms with Crippen molar-refractivity contribution in [1.82, 2.24) is 0 Å². The first-order chi connectivity index (χ1) is 8.32. The van der Waals surface area contributed by atoms with Crippen molar-refractivity contribution in [3.63, 3.8) is 0 Å². The van der Waals surface area contributed by atoms with Crippen molar-refractivity contribution >= 4 is 5.97 Å². The van der Waals surface area contributed by atoms with Crippen LogP contribution in [0.4, 0.5) is 0 Å². The van der Waals surface area contributed by atoms with Gasteiger partial charge in [-0.2, -0.15) is 0 Å². The van der Waals surface area contributed by atoms with Crippen LogP contribution in [0.3, 0.4) is 0 Å². The summed E-state index contributed by atoms with van der Waals surface area (Å²) in [4.78, 5) is 11.7. The second kappa shape index (κ2) is 9.41. The lowest BCUT2D eigenvalue weighted by Crippen LogP contribution is -2.19. The molecular formula is C16H32O2. The van der Waals surface area contributed by atoms with Crippen molar-refractivity contribution in [1.29, 1.82) is 0 Å². The Labute approximate surface area is 113 Å². The van der Waals surface area contributed by atoms with E-state index >= 15 is 0 Å². The second-order valence-corrected chi connectivity index (χ2v) is 6.59. The summed E-state index contributed by atoms with van der Waals surface area (Å²) in [5, 5.41) is 0. The van der Waals surface area contributed by atoms with Gasteiger partial charge in [0.1, 0.15) is 0 Å². The van der Waals surface area contributed by atoms with Gasteiger partial charge in [0.2, 0.25) is 0 Å². The number of carbonyl (C=O) groups excluding carboxylic acids is 1. The molecule has 0 N–H and O–H groups in total. The zero-order chi connectivity index (χ0) is 14.1. The molecule has 0 aromatic rings. The highest BCUT2D eigenvalue weighted by Gasteiger charge is 2.16. The predicted octanol–water partition coefficient (Wildman–Crippen LogP) is 4.67. The molecule has 0 heterocycles. The molecule has 0 aromatic heterocycles. The van der Waals surface area contributed by atoms with Gasteiger partial charge in [0, 0.05) is 0 Å². The summed E-state index contributed by atoms with van der Waals surface area (Å²) < 4.78 is 5.39. The number of hydrogen-bond donors (Lipinski definition) is 0. The third kappa shape index (κ3) is 9.49. The minimum atomic E-state index is -0.0283. The van der Waals surface area contributed by atoms with Crippen LogP contribution in [-0.2, 0) is 9.53 Å². The SMILES string of the molecule is CC(C)CCCC(C)COC(=O)C(C)CC(C)C. The lowest BCUT2D eigenvalue weighted by atomic mass is 9.99. The van der Waals surface area contributed by atoms with Crippen LogP contribution < -0.4 is 0 Å². The van der Waals surface area contributed by atoms with Crippen LogP contribution in [0.2, 0.25) is 0 Å². The maximum Gasteiger partial charge on any atom is 0.308 e. The minimum Gasteiger partial charge on any atom is -0.465 e. The number of esters is 1.